The van der Waals surface area contributed by atoms with E-state index in [1.807, 2.05) is 0 Å². The number of halogens is 1. The van der Waals surface area contributed by atoms with E-state index in [0.717, 1.165) is 0 Å². The van der Waals surface area contributed by atoms with Gasteiger partial charge in [0.2, 0.25) is 5.91 Å². The summed E-state index contributed by atoms with van der Waals surface area (Å²) in [7, 11) is 3.24. The standard InChI is InChI=1S/C13H18ClN3O3/c1-7(12(18)16-2)6-17(3)11-9(13(19)20)4-8(15)5-10(11)14/h4-5,7H,6,15H2,1-3H3,(H,16,18)(H,19,20). The Morgan fingerprint density at radius 1 is 1.50 bits per heavy atom. The highest BCUT2D eigenvalue weighted by Gasteiger charge is 2.21. The molecule has 0 bridgehead atoms. The summed E-state index contributed by atoms with van der Waals surface area (Å²) in [5, 5.41) is 12.0. The number of carbonyl (C=O) groups excluding carboxylic acids is 1. The summed E-state index contributed by atoms with van der Waals surface area (Å²) in [6.07, 6.45) is 0. The zero-order valence-electron chi connectivity index (χ0n) is 11.6. The van der Waals surface area contributed by atoms with Gasteiger partial charge in [-0.05, 0) is 12.1 Å². The van der Waals surface area contributed by atoms with Gasteiger partial charge in [-0.15, -0.1) is 0 Å². The van der Waals surface area contributed by atoms with Crippen LogP contribution >= 0.6 is 11.6 Å². The maximum absolute atomic E-state index is 11.5. The van der Waals surface area contributed by atoms with E-state index in [4.69, 9.17) is 17.3 Å². The van der Waals surface area contributed by atoms with Crippen molar-refractivity contribution in [2.75, 3.05) is 31.3 Å². The van der Waals surface area contributed by atoms with E-state index in [1.54, 1.807) is 25.9 Å². The second-order valence-electron chi connectivity index (χ2n) is 4.60. The number of nitrogens with zero attached hydrogens (tertiary/aromatic N) is 1. The van der Waals surface area contributed by atoms with Crippen LogP contribution in [0.15, 0.2) is 12.1 Å². The van der Waals surface area contributed by atoms with E-state index < -0.39 is 5.97 Å². The molecule has 0 saturated carbocycles. The number of rotatable bonds is 5. The minimum absolute atomic E-state index is 0.0154. The van der Waals surface area contributed by atoms with Crippen molar-refractivity contribution in [3.8, 4) is 0 Å². The van der Waals surface area contributed by atoms with Crippen LogP contribution in [0.3, 0.4) is 0 Å². The molecule has 0 heterocycles. The van der Waals surface area contributed by atoms with Gasteiger partial charge in [-0.25, -0.2) is 4.79 Å². The molecule has 1 aromatic carbocycles. The maximum atomic E-state index is 11.5. The van der Waals surface area contributed by atoms with Crippen LogP contribution < -0.4 is 16.0 Å². The fraction of sp³-hybridized carbons (Fsp3) is 0.385. The zero-order valence-corrected chi connectivity index (χ0v) is 12.4. The molecule has 6 nitrogen and oxygen atoms in total. The number of benzene rings is 1. The number of carboxylic acids is 1. The molecular weight excluding hydrogens is 282 g/mol. The monoisotopic (exact) mass is 299 g/mol. The maximum Gasteiger partial charge on any atom is 0.337 e. The molecule has 0 aromatic heterocycles. The molecule has 0 spiro atoms. The molecule has 0 aliphatic rings. The number of nitrogens with one attached hydrogen (secondary N) is 1. The van der Waals surface area contributed by atoms with Crippen LogP contribution in [0.25, 0.3) is 0 Å². The van der Waals surface area contributed by atoms with E-state index in [9.17, 15) is 14.7 Å². The topological polar surface area (TPSA) is 95.7 Å². The van der Waals surface area contributed by atoms with E-state index in [0.29, 0.717) is 12.2 Å². The van der Waals surface area contributed by atoms with Gasteiger partial charge in [-0.1, -0.05) is 18.5 Å². The minimum Gasteiger partial charge on any atom is -0.478 e. The molecule has 0 saturated heterocycles. The molecule has 7 heteroatoms. The first-order chi connectivity index (χ1) is 9.27. The van der Waals surface area contributed by atoms with Gasteiger partial charge < -0.3 is 21.1 Å². The summed E-state index contributed by atoms with van der Waals surface area (Å²) in [6, 6.07) is 2.84. The molecule has 20 heavy (non-hydrogen) atoms. The molecule has 0 radical (unpaired) electrons. The quantitative estimate of drug-likeness (QED) is 0.715. The van der Waals surface area contributed by atoms with Crippen LogP contribution in [0, 0.1) is 5.92 Å². The lowest BCUT2D eigenvalue weighted by Gasteiger charge is -2.25. The number of hydrogen-bond acceptors (Lipinski definition) is 4. The Bertz CT molecular complexity index is 534. The van der Waals surface area contributed by atoms with Crippen molar-refractivity contribution in [3.05, 3.63) is 22.7 Å². The van der Waals surface area contributed by atoms with Crippen molar-refractivity contribution in [2.24, 2.45) is 5.92 Å². The van der Waals surface area contributed by atoms with Crippen molar-refractivity contribution in [1.29, 1.82) is 0 Å². The molecule has 1 unspecified atom stereocenters. The third-order valence-corrected chi connectivity index (χ3v) is 3.23. The Morgan fingerprint density at radius 3 is 2.60 bits per heavy atom. The van der Waals surface area contributed by atoms with Crippen molar-refractivity contribution >= 4 is 34.9 Å². The van der Waals surface area contributed by atoms with E-state index in [2.05, 4.69) is 5.32 Å². The van der Waals surface area contributed by atoms with E-state index in [1.165, 1.54) is 12.1 Å². The predicted molar refractivity (Wildman–Crippen MR) is 79.3 cm³/mol. The van der Waals surface area contributed by atoms with Crippen LogP contribution in [-0.4, -0.2) is 37.6 Å². The molecular formula is C13H18ClN3O3. The van der Waals surface area contributed by atoms with Crippen LogP contribution in [0.5, 0.6) is 0 Å². The Hall–Kier alpha value is -1.95. The van der Waals surface area contributed by atoms with Crippen molar-refractivity contribution in [3.63, 3.8) is 0 Å². The molecule has 0 aliphatic carbocycles. The number of nitrogens with two attached hydrogens (primary N) is 1. The van der Waals surface area contributed by atoms with Crippen molar-refractivity contribution in [1.82, 2.24) is 5.32 Å². The lowest BCUT2D eigenvalue weighted by Crippen LogP contribution is -2.35. The van der Waals surface area contributed by atoms with Crippen LogP contribution in [-0.2, 0) is 4.79 Å². The first kappa shape index (κ1) is 16.1. The molecule has 1 amide bonds. The van der Waals surface area contributed by atoms with Crippen LogP contribution in [0.1, 0.15) is 17.3 Å². The van der Waals surface area contributed by atoms with Gasteiger partial charge in [0.1, 0.15) is 0 Å². The Labute approximate surface area is 122 Å². The minimum atomic E-state index is -1.12. The van der Waals surface area contributed by atoms with Gasteiger partial charge in [0.25, 0.3) is 0 Å². The van der Waals surface area contributed by atoms with Crippen LogP contribution in [0.4, 0.5) is 11.4 Å². The molecule has 1 rings (SSSR count). The Balaban J connectivity index is 3.12. The smallest absolute Gasteiger partial charge is 0.337 e. The number of amides is 1. The Kier molecular flexibility index (Phi) is 5.21. The summed E-state index contributed by atoms with van der Waals surface area (Å²) in [4.78, 5) is 24.5. The van der Waals surface area contributed by atoms with Crippen LogP contribution in [0.2, 0.25) is 5.02 Å². The van der Waals surface area contributed by atoms with Gasteiger partial charge in [-0.2, -0.15) is 0 Å². The fourth-order valence-electron chi connectivity index (χ4n) is 2.00. The molecule has 1 aromatic rings. The normalized spacial score (nSPS) is 11.8. The number of hydrogen-bond donors (Lipinski definition) is 3. The molecule has 4 N–H and O–H groups in total. The Morgan fingerprint density at radius 2 is 2.10 bits per heavy atom. The van der Waals surface area contributed by atoms with Gasteiger partial charge in [-0.3, -0.25) is 4.79 Å². The van der Waals surface area contributed by atoms with E-state index in [-0.39, 0.29) is 28.1 Å². The number of carbonyl (C=O) groups is 2. The summed E-state index contributed by atoms with van der Waals surface area (Å²) in [5.41, 5.74) is 6.25. The zero-order chi connectivity index (χ0) is 15.4. The lowest BCUT2D eigenvalue weighted by molar-refractivity contribution is -0.123. The highest BCUT2D eigenvalue weighted by Crippen LogP contribution is 2.32. The largest absolute Gasteiger partial charge is 0.478 e. The van der Waals surface area contributed by atoms with Gasteiger partial charge in [0, 0.05) is 26.3 Å². The summed E-state index contributed by atoms with van der Waals surface area (Å²) in [6.45, 7) is 2.09. The molecule has 0 fully saturated rings. The summed E-state index contributed by atoms with van der Waals surface area (Å²) in [5.74, 6) is -1.55. The number of carboxylic acid groups (broad SMARTS) is 1. The lowest BCUT2D eigenvalue weighted by atomic mass is 10.1. The number of anilines is 2. The van der Waals surface area contributed by atoms with Crippen molar-refractivity contribution < 1.29 is 14.7 Å². The first-order valence-electron chi connectivity index (χ1n) is 6.03. The van der Waals surface area contributed by atoms with Gasteiger partial charge in [0.15, 0.2) is 0 Å². The number of nitrogen functional groups attached to an aromatic ring is 1. The highest BCUT2D eigenvalue weighted by atomic mass is 35.5. The van der Waals surface area contributed by atoms with Gasteiger partial charge >= 0.3 is 5.97 Å². The average Bonchev–Trinajstić information content (AvgIpc) is 2.36. The number of aromatic carboxylic acids is 1. The fourth-order valence-corrected chi connectivity index (χ4v) is 2.37. The second kappa shape index (κ2) is 6.47. The third kappa shape index (κ3) is 3.54. The molecule has 0 aliphatic heterocycles. The SMILES string of the molecule is CNC(=O)C(C)CN(C)c1c(Cl)cc(N)cc1C(=O)O. The predicted octanol–water partition coefficient (Wildman–Crippen LogP) is 1.44. The highest BCUT2D eigenvalue weighted by molar-refractivity contribution is 6.34. The molecule has 110 valence electrons. The summed E-state index contributed by atoms with van der Waals surface area (Å²) < 4.78 is 0. The first-order valence-corrected chi connectivity index (χ1v) is 6.40. The van der Waals surface area contributed by atoms with E-state index >= 15 is 0 Å². The van der Waals surface area contributed by atoms with Gasteiger partial charge in [0.05, 0.1) is 22.2 Å². The molecule has 1 atom stereocenters. The van der Waals surface area contributed by atoms with Crippen molar-refractivity contribution in [2.45, 2.75) is 6.92 Å². The second-order valence-corrected chi connectivity index (χ2v) is 5.01. The third-order valence-electron chi connectivity index (χ3n) is 2.94. The average molecular weight is 300 g/mol. The summed E-state index contributed by atoms with van der Waals surface area (Å²) >= 11 is 6.08.